The maximum absolute atomic E-state index is 11.3. The van der Waals surface area contributed by atoms with Gasteiger partial charge in [0.25, 0.3) is 0 Å². The molecule has 2 atom stereocenters. The fraction of sp³-hybridized carbons (Fsp3) is 0.412. The molecule has 1 N–H and O–H groups in total. The Bertz CT molecular complexity index is 825. The third-order valence-corrected chi connectivity index (χ3v) is 5.46. The number of aryl methyl sites for hydroxylation is 1. The summed E-state index contributed by atoms with van der Waals surface area (Å²) in [7, 11) is 0. The second-order valence-corrected chi connectivity index (χ2v) is 7.38. The number of aliphatic carboxylic acids is 1. The molecule has 0 saturated carbocycles. The van der Waals surface area contributed by atoms with Gasteiger partial charge in [0.05, 0.1) is 17.4 Å². The van der Waals surface area contributed by atoms with Crippen LogP contribution in [0.5, 0.6) is 0 Å². The Kier molecular flexibility index (Phi) is 4.30. The topological polar surface area (TPSA) is 89.6 Å². The van der Waals surface area contributed by atoms with Crippen LogP contribution in [0.4, 0.5) is 0 Å². The fourth-order valence-corrected chi connectivity index (χ4v) is 4.14. The lowest BCUT2D eigenvalue weighted by atomic mass is 10.0. The van der Waals surface area contributed by atoms with E-state index in [0.717, 1.165) is 36.3 Å². The van der Waals surface area contributed by atoms with Crippen LogP contribution in [0.15, 0.2) is 34.5 Å². The highest BCUT2D eigenvalue weighted by molar-refractivity contribution is 8.00. The highest BCUT2D eigenvalue weighted by Gasteiger charge is 2.33. The molecule has 0 bridgehead atoms. The van der Waals surface area contributed by atoms with Crippen LogP contribution in [-0.2, 0) is 9.53 Å². The van der Waals surface area contributed by atoms with Gasteiger partial charge in [-0.25, -0.2) is 0 Å². The van der Waals surface area contributed by atoms with Crippen LogP contribution in [0.1, 0.15) is 42.3 Å². The van der Waals surface area contributed by atoms with Crippen LogP contribution in [0.25, 0.3) is 0 Å². The SMILES string of the molecule is Cc1ccc(C2=Nn3c(nnc3[C@@H]3CCCO3)S[C@H]2CC(=O)O)cc1. The second kappa shape index (κ2) is 6.61. The summed E-state index contributed by atoms with van der Waals surface area (Å²) >= 11 is 1.39. The van der Waals surface area contributed by atoms with Gasteiger partial charge in [-0.1, -0.05) is 41.6 Å². The summed E-state index contributed by atoms with van der Waals surface area (Å²) in [6.45, 7) is 2.74. The van der Waals surface area contributed by atoms with Gasteiger partial charge in [0.1, 0.15) is 6.10 Å². The summed E-state index contributed by atoms with van der Waals surface area (Å²) in [5.41, 5.74) is 2.80. The molecule has 8 heteroatoms. The Labute approximate surface area is 149 Å². The molecular formula is C17H18N4O3S. The van der Waals surface area contributed by atoms with Crippen LogP contribution >= 0.6 is 11.8 Å². The Morgan fingerprint density at radius 2 is 2.16 bits per heavy atom. The zero-order chi connectivity index (χ0) is 17.4. The van der Waals surface area contributed by atoms with E-state index in [1.54, 1.807) is 4.68 Å². The molecule has 0 spiro atoms. The first kappa shape index (κ1) is 16.3. The van der Waals surface area contributed by atoms with E-state index in [1.807, 2.05) is 31.2 Å². The normalized spacial score (nSPS) is 22.5. The zero-order valence-corrected chi connectivity index (χ0v) is 14.6. The first-order valence-corrected chi connectivity index (χ1v) is 9.11. The lowest BCUT2D eigenvalue weighted by Gasteiger charge is -2.22. The number of hydrogen-bond donors (Lipinski definition) is 1. The minimum Gasteiger partial charge on any atom is -0.481 e. The average molecular weight is 358 g/mol. The van der Waals surface area contributed by atoms with Crippen molar-refractivity contribution in [3.05, 3.63) is 41.2 Å². The van der Waals surface area contributed by atoms with Gasteiger partial charge in [-0.15, -0.1) is 10.2 Å². The predicted molar refractivity (Wildman–Crippen MR) is 93.0 cm³/mol. The van der Waals surface area contributed by atoms with Crippen molar-refractivity contribution in [2.75, 3.05) is 6.61 Å². The Hall–Kier alpha value is -2.19. The number of ether oxygens (including phenoxy) is 1. The molecule has 1 saturated heterocycles. The van der Waals surface area contributed by atoms with Gasteiger partial charge in [-0.3, -0.25) is 4.79 Å². The van der Waals surface area contributed by atoms with E-state index >= 15 is 0 Å². The third-order valence-electron chi connectivity index (χ3n) is 4.32. The molecule has 130 valence electrons. The molecule has 0 radical (unpaired) electrons. The quantitative estimate of drug-likeness (QED) is 0.904. The summed E-state index contributed by atoms with van der Waals surface area (Å²) in [5.74, 6) is -0.164. The number of nitrogens with zero attached hydrogens (tertiary/aromatic N) is 4. The summed E-state index contributed by atoms with van der Waals surface area (Å²) < 4.78 is 7.43. The van der Waals surface area contributed by atoms with Gasteiger partial charge < -0.3 is 9.84 Å². The largest absolute Gasteiger partial charge is 0.481 e. The molecule has 4 rings (SSSR count). The van der Waals surface area contributed by atoms with E-state index < -0.39 is 5.97 Å². The molecule has 1 fully saturated rings. The van der Waals surface area contributed by atoms with E-state index in [0.29, 0.717) is 11.0 Å². The monoisotopic (exact) mass is 358 g/mol. The molecule has 0 amide bonds. The molecule has 25 heavy (non-hydrogen) atoms. The maximum Gasteiger partial charge on any atom is 0.304 e. The van der Waals surface area contributed by atoms with E-state index in [-0.39, 0.29) is 17.8 Å². The van der Waals surface area contributed by atoms with Gasteiger partial charge in [-0.2, -0.15) is 9.78 Å². The summed E-state index contributed by atoms with van der Waals surface area (Å²) in [4.78, 5) is 11.3. The highest BCUT2D eigenvalue weighted by atomic mass is 32.2. The number of aromatic nitrogens is 3. The lowest BCUT2D eigenvalue weighted by molar-refractivity contribution is -0.136. The number of benzene rings is 1. The van der Waals surface area contributed by atoms with Gasteiger partial charge in [0.2, 0.25) is 5.16 Å². The van der Waals surface area contributed by atoms with E-state index in [4.69, 9.17) is 9.84 Å². The number of rotatable bonds is 4. The fourth-order valence-electron chi connectivity index (χ4n) is 3.05. The molecule has 2 aliphatic rings. The first-order chi connectivity index (χ1) is 12.1. The second-order valence-electron chi connectivity index (χ2n) is 6.21. The standard InChI is InChI=1S/C17H18N4O3S/c1-10-4-6-11(7-5-10)15-13(9-14(22)23)25-17-19-18-16(21(17)20-15)12-3-2-8-24-12/h4-7,12-13H,2-3,8-9H2,1H3,(H,22,23)/t12-,13-/m0/s1. The van der Waals surface area contributed by atoms with E-state index in [2.05, 4.69) is 10.2 Å². The number of fused-ring (bicyclic) bond motifs is 1. The summed E-state index contributed by atoms with van der Waals surface area (Å²) in [6.07, 6.45) is 1.78. The Balaban J connectivity index is 1.76. The van der Waals surface area contributed by atoms with Crippen molar-refractivity contribution in [3.63, 3.8) is 0 Å². The molecule has 2 aromatic rings. The summed E-state index contributed by atoms with van der Waals surface area (Å²) in [5, 5.41) is 22.8. The minimum absolute atomic E-state index is 0.0144. The Morgan fingerprint density at radius 1 is 1.36 bits per heavy atom. The first-order valence-electron chi connectivity index (χ1n) is 8.23. The van der Waals surface area contributed by atoms with Gasteiger partial charge in [-0.05, 0) is 25.3 Å². The molecule has 2 aliphatic heterocycles. The third kappa shape index (κ3) is 3.19. The number of thioether (sulfide) groups is 1. The van der Waals surface area contributed by atoms with Crippen LogP contribution < -0.4 is 0 Å². The molecule has 7 nitrogen and oxygen atoms in total. The smallest absolute Gasteiger partial charge is 0.304 e. The molecular weight excluding hydrogens is 340 g/mol. The van der Waals surface area contributed by atoms with Crippen LogP contribution in [0, 0.1) is 6.92 Å². The minimum atomic E-state index is -0.857. The lowest BCUT2D eigenvalue weighted by Crippen LogP contribution is -2.27. The molecule has 0 unspecified atom stereocenters. The number of hydrogen-bond acceptors (Lipinski definition) is 6. The van der Waals surface area contributed by atoms with Crippen molar-refractivity contribution in [1.29, 1.82) is 0 Å². The van der Waals surface area contributed by atoms with Gasteiger partial charge in [0.15, 0.2) is 5.82 Å². The predicted octanol–water partition coefficient (Wildman–Crippen LogP) is 2.64. The van der Waals surface area contributed by atoms with E-state index in [1.165, 1.54) is 11.8 Å². The van der Waals surface area contributed by atoms with Crippen molar-refractivity contribution in [1.82, 2.24) is 14.9 Å². The number of carboxylic acids is 1. The van der Waals surface area contributed by atoms with Crippen LogP contribution in [-0.4, -0.2) is 43.5 Å². The number of carbonyl (C=O) groups is 1. The average Bonchev–Trinajstić information content (AvgIpc) is 3.23. The molecule has 1 aromatic heterocycles. The highest BCUT2D eigenvalue weighted by Crippen LogP contribution is 2.36. The van der Waals surface area contributed by atoms with Crippen molar-refractivity contribution >= 4 is 23.4 Å². The van der Waals surface area contributed by atoms with Gasteiger partial charge in [0, 0.05) is 6.61 Å². The molecule has 1 aromatic carbocycles. The van der Waals surface area contributed by atoms with Crippen molar-refractivity contribution in [2.24, 2.45) is 5.10 Å². The van der Waals surface area contributed by atoms with Crippen molar-refractivity contribution in [2.45, 2.75) is 42.7 Å². The van der Waals surface area contributed by atoms with Crippen LogP contribution in [0.3, 0.4) is 0 Å². The Morgan fingerprint density at radius 3 is 2.84 bits per heavy atom. The molecule has 0 aliphatic carbocycles. The van der Waals surface area contributed by atoms with Crippen molar-refractivity contribution < 1.29 is 14.6 Å². The number of carboxylic acid groups (broad SMARTS) is 1. The zero-order valence-electron chi connectivity index (χ0n) is 13.8. The maximum atomic E-state index is 11.3. The van der Waals surface area contributed by atoms with Crippen molar-refractivity contribution in [3.8, 4) is 0 Å². The molecule has 3 heterocycles. The van der Waals surface area contributed by atoms with Crippen LogP contribution in [0.2, 0.25) is 0 Å². The summed E-state index contributed by atoms with van der Waals surface area (Å²) in [6, 6.07) is 7.96. The van der Waals surface area contributed by atoms with E-state index in [9.17, 15) is 9.90 Å². The van der Waals surface area contributed by atoms with Gasteiger partial charge >= 0.3 is 5.97 Å².